The smallest absolute Gasteiger partial charge is 0.238 e. The number of hydrogen-bond donors (Lipinski definition) is 2. The largest absolute Gasteiger partial charge is 0.276 e. The maximum Gasteiger partial charge on any atom is 0.238 e. The molecule has 1 heterocycles. The fourth-order valence-electron chi connectivity index (χ4n) is 1.24. The van der Waals surface area contributed by atoms with E-state index in [-0.39, 0.29) is 10.0 Å². The van der Waals surface area contributed by atoms with Crippen LogP contribution in [0.4, 0.5) is 0 Å². The number of nitrogens with zero attached hydrogens (tertiary/aromatic N) is 1. The van der Waals surface area contributed by atoms with Crippen molar-refractivity contribution in [3.8, 4) is 0 Å². The first-order chi connectivity index (χ1) is 6.50. The van der Waals surface area contributed by atoms with E-state index in [2.05, 4.69) is 10.2 Å². The van der Waals surface area contributed by atoms with Gasteiger partial charge in [0, 0.05) is 0 Å². The second-order valence-corrected chi connectivity index (χ2v) is 4.63. The summed E-state index contributed by atoms with van der Waals surface area (Å²) in [4.78, 5) is -0.0197. The lowest BCUT2D eigenvalue weighted by atomic mass is 10.3. The van der Waals surface area contributed by atoms with E-state index >= 15 is 0 Å². The lowest BCUT2D eigenvalue weighted by Gasteiger charge is -1.98. The molecule has 0 saturated carbocycles. The molecule has 0 fully saturated rings. The van der Waals surface area contributed by atoms with E-state index in [1.54, 1.807) is 12.1 Å². The van der Waals surface area contributed by atoms with Crippen molar-refractivity contribution in [2.45, 2.75) is 4.90 Å². The molecule has 5 nitrogen and oxygen atoms in total. The second-order valence-electron chi connectivity index (χ2n) is 2.74. The monoisotopic (exact) mass is 231 g/mol. The maximum absolute atomic E-state index is 11.2. The highest BCUT2D eigenvalue weighted by Crippen LogP contribution is 2.26. The number of aromatic amines is 1. The van der Waals surface area contributed by atoms with Gasteiger partial charge in [-0.05, 0) is 12.1 Å². The summed E-state index contributed by atoms with van der Waals surface area (Å²) >= 11 is 5.72. The average molecular weight is 232 g/mol. The van der Waals surface area contributed by atoms with Crippen LogP contribution < -0.4 is 5.14 Å². The Kier molecular flexibility index (Phi) is 1.99. The number of sulfonamides is 1. The Bertz CT molecular complexity index is 590. The minimum atomic E-state index is -3.77. The molecule has 0 amide bonds. The van der Waals surface area contributed by atoms with Gasteiger partial charge in [-0.2, -0.15) is 5.10 Å². The molecule has 0 unspecified atom stereocenters. The van der Waals surface area contributed by atoms with Crippen LogP contribution in [-0.4, -0.2) is 18.6 Å². The Morgan fingerprint density at radius 3 is 2.79 bits per heavy atom. The SMILES string of the molecule is NS(=O)(=O)c1cccc2[nH]nc(Cl)c12. The number of fused-ring (bicyclic) bond motifs is 1. The summed E-state index contributed by atoms with van der Waals surface area (Å²) in [5, 5.41) is 11.7. The number of hydrogen-bond acceptors (Lipinski definition) is 3. The van der Waals surface area contributed by atoms with Crippen LogP contribution in [0, 0.1) is 0 Å². The van der Waals surface area contributed by atoms with Crippen LogP contribution in [0.15, 0.2) is 23.1 Å². The number of rotatable bonds is 1. The van der Waals surface area contributed by atoms with Gasteiger partial charge in [-0.3, -0.25) is 5.10 Å². The number of aromatic nitrogens is 2. The van der Waals surface area contributed by atoms with E-state index in [0.717, 1.165) is 0 Å². The number of nitrogens with one attached hydrogen (secondary N) is 1. The highest BCUT2D eigenvalue weighted by Gasteiger charge is 2.16. The Labute approximate surface area is 84.9 Å². The van der Waals surface area contributed by atoms with E-state index in [9.17, 15) is 8.42 Å². The molecule has 0 aliphatic rings. The minimum absolute atomic E-state index is 0.0197. The third-order valence-corrected chi connectivity index (χ3v) is 3.04. The zero-order valence-electron chi connectivity index (χ0n) is 6.86. The van der Waals surface area contributed by atoms with Gasteiger partial charge in [-0.15, -0.1) is 0 Å². The molecule has 14 heavy (non-hydrogen) atoms. The third kappa shape index (κ3) is 1.37. The molecular formula is C7H6ClN3O2S. The molecular weight excluding hydrogens is 226 g/mol. The maximum atomic E-state index is 11.2. The molecule has 0 saturated heterocycles. The van der Waals surface area contributed by atoms with Gasteiger partial charge in [0.05, 0.1) is 15.8 Å². The molecule has 3 N–H and O–H groups in total. The predicted molar refractivity (Wildman–Crippen MR) is 52.5 cm³/mol. The van der Waals surface area contributed by atoms with Crippen molar-refractivity contribution >= 4 is 32.5 Å². The summed E-state index contributed by atoms with van der Waals surface area (Å²) in [6.07, 6.45) is 0. The number of nitrogens with two attached hydrogens (primary N) is 1. The van der Waals surface area contributed by atoms with Crippen LogP contribution >= 0.6 is 11.6 Å². The van der Waals surface area contributed by atoms with Gasteiger partial charge in [0.1, 0.15) is 0 Å². The zero-order valence-corrected chi connectivity index (χ0v) is 8.43. The van der Waals surface area contributed by atoms with Crippen LogP contribution in [0.3, 0.4) is 0 Å². The standard InChI is InChI=1S/C7H6ClN3O2S/c8-7-6-4(10-11-7)2-1-3-5(6)14(9,12)13/h1-3H,(H,10,11)(H2,9,12,13). The van der Waals surface area contributed by atoms with E-state index < -0.39 is 10.0 Å². The molecule has 0 radical (unpaired) electrons. The Balaban J connectivity index is 2.96. The molecule has 74 valence electrons. The van der Waals surface area contributed by atoms with Gasteiger partial charge in [-0.25, -0.2) is 13.6 Å². The highest BCUT2D eigenvalue weighted by atomic mass is 35.5. The van der Waals surface area contributed by atoms with Crippen molar-refractivity contribution in [3.05, 3.63) is 23.4 Å². The van der Waals surface area contributed by atoms with E-state index in [4.69, 9.17) is 16.7 Å². The number of halogens is 1. The summed E-state index contributed by atoms with van der Waals surface area (Å²) in [6, 6.07) is 4.62. The van der Waals surface area contributed by atoms with Crippen LogP contribution in [0.1, 0.15) is 0 Å². The normalized spacial score (nSPS) is 12.1. The van der Waals surface area contributed by atoms with Gasteiger partial charge in [-0.1, -0.05) is 17.7 Å². The van der Waals surface area contributed by atoms with Crippen molar-refractivity contribution in [1.82, 2.24) is 10.2 Å². The number of primary sulfonamides is 1. The van der Waals surface area contributed by atoms with Crippen molar-refractivity contribution in [3.63, 3.8) is 0 Å². The molecule has 1 aromatic heterocycles. The molecule has 0 spiro atoms. The molecule has 1 aromatic carbocycles. The van der Waals surface area contributed by atoms with Gasteiger partial charge < -0.3 is 0 Å². The fourth-order valence-corrected chi connectivity index (χ4v) is 2.30. The summed E-state index contributed by atoms with van der Waals surface area (Å²) < 4.78 is 22.3. The van der Waals surface area contributed by atoms with E-state index in [0.29, 0.717) is 10.9 Å². The Morgan fingerprint density at radius 2 is 2.14 bits per heavy atom. The van der Waals surface area contributed by atoms with Crippen LogP contribution in [0.2, 0.25) is 5.15 Å². The molecule has 2 aromatic rings. The molecule has 0 atom stereocenters. The van der Waals surface area contributed by atoms with Crippen molar-refractivity contribution in [2.75, 3.05) is 0 Å². The van der Waals surface area contributed by atoms with Gasteiger partial charge >= 0.3 is 0 Å². The first-order valence-corrected chi connectivity index (χ1v) is 5.58. The molecule has 0 aliphatic heterocycles. The van der Waals surface area contributed by atoms with Crippen LogP contribution in [-0.2, 0) is 10.0 Å². The predicted octanol–water partition coefficient (Wildman–Crippen LogP) is 0.864. The Morgan fingerprint density at radius 1 is 1.43 bits per heavy atom. The lowest BCUT2D eigenvalue weighted by molar-refractivity contribution is 0.598. The topological polar surface area (TPSA) is 88.8 Å². The summed E-state index contributed by atoms with van der Waals surface area (Å²) in [5.74, 6) is 0. The third-order valence-electron chi connectivity index (χ3n) is 1.81. The zero-order chi connectivity index (χ0) is 10.3. The number of benzene rings is 1. The molecule has 0 aliphatic carbocycles. The molecule has 0 bridgehead atoms. The quantitative estimate of drug-likeness (QED) is 0.763. The molecule has 2 rings (SSSR count). The lowest BCUT2D eigenvalue weighted by Crippen LogP contribution is -2.12. The van der Waals surface area contributed by atoms with E-state index in [1.165, 1.54) is 6.07 Å². The fraction of sp³-hybridized carbons (Fsp3) is 0. The Hall–Kier alpha value is -1.11. The van der Waals surface area contributed by atoms with E-state index in [1.807, 2.05) is 0 Å². The highest BCUT2D eigenvalue weighted by molar-refractivity contribution is 7.89. The molecule has 7 heteroatoms. The minimum Gasteiger partial charge on any atom is -0.276 e. The summed E-state index contributed by atoms with van der Waals surface area (Å²) in [6.45, 7) is 0. The van der Waals surface area contributed by atoms with Crippen LogP contribution in [0.5, 0.6) is 0 Å². The summed E-state index contributed by atoms with van der Waals surface area (Å²) in [7, 11) is -3.77. The first-order valence-electron chi connectivity index (χ1n) is 3.65. The van der Waals surface area contributed by atoms with Gasteiger partial charge in [0.2, 0.25) is 10.0 Å². The van der Waals surface area contributed by atoms with Gasteiger partial charge in [0.15, 0.2) is 5.15 Å². The van der Waals surface area contributed by atoms with Crippen molar-refractivity contribution in [2.24, 2.45) is 5.14 Å². The van der Waals surface area contributed by atoms with Crippen molar-refractivity contribution in [1.29, 1.82) is 0 Å². The van der Waals surface area contributed by atoms with Gasteiger partial charge in [0.25, 0.3) is 0 Å². The van der Waals surface area contributed by atoms with Crippen molar-refractivity contribution < 1.29 is 8.42 Å². The second kappa shape index (κ2) is 2.94. The summed E-state index contributed by atoms with van der Waals surface area (Å²) in [5.41, 5.74) is 0.543. The average Bonchev–Trinajstić information content (AvgIpc) is 2.46. The first kappa shape index (κ1) is 9.45. The number of H-pyrrole nitrogens is 1. The van der Waals surface area contributed by atoms with Crippen LogP contribution in [0.25, 0.3) is 10.9 Å².